The number of carbonyl (C=O) groups is 1. The zero-order chi connectivity index (χ0) is 15.8. The van der Waals surface area contributed by atoms with Crippen LogP contribution in [0.25, 0.3) is 0 Å². The third kappa shape index (κ3) is 4.39. The molecular weight excluding hydrogens is 286 g/mol. The first-order valence-corrected chi connectivity index (χ1v) is 7.21. The Morgan fingerprint density at radius 3 is 2.68 bits per heavy atom. The molecule has 2 rings (SSSR count). The van der Waals surface area contributed by atoms with Gasteiger partial charge in [-0.1, -0.05) is 12.1 Å². The lowest BCUT2D eigenvalue weighted by Crippen LogP contribution is -2.34. The number of hydrogen-bond donors (Lipinski definition) is 1. The molecule has 0 saturated heterocycles. The van der Waals surface area contributed by atoms with Gasteiger partial charge in [0.25, 0.3) is 5.91 Å². The first-order chi connectivity index (χ1) is 10.7. The Morgan fingerprint density at radius 1 is 1.32 bits per heavy atom. The predicted octanol–water partition coefficient (Wildman–Crippen LogP) is 1.78. The highest BCUT2D eigenvalue weighted by atomic mass is 16.6. The largest absolute Gasteiger partial charge is 0.494 e. The number of benzene rings is 1. The fraction of sp³-hybridized carbons (Fsp3) is 0.438. The van der Waals surface area contributed by atoms with Crippen molar-refractivity contribution in [2.75, 3.05) is 33.5 Å². The maximum Gasteiger partial charge on any atom is 0.290 e. The Morgan fingerprint density at radius 2 is 2.09 bits per heavy atom. The number of nitrogens with one attached hydrogen (secondary N) is 1. The van der Waals surface area contributed by atoms with Crippen molar-refractivity contribution in [2.24, 2.45) is 0 Å². The van der Waals surface area contributed by atoms with Crippen LogP contribution >= 0.6 is 0 Å². The van der Waals surface area contributed by atoms with Crippen LogP contribution in [0.3, 0.4) is 0 Å². The molecule has 1 aliphatic rings. The van der Waals surface area contributed by atoms with Gasteiger partial charge in [0.1, 0.15) is 25.2 Å². The third-order valence-corrected chi connectivity index (χ3v) is 3.11. The van der Waals surface area contributed by atoms with Gasteiger partial charge >= 0.3 is 0 Å². The van der Waals surface area contributed by atoms with Crippen LogP contribution in [-0.4, -0.2) is 39.4 Å². The van der Waals surface area contributed by atoms with Gasteiger partial charge < -0.3 is 24.3 Å². The molecule has 1 heterocycles. The summed E-state index contributed by atoms with van der Waals surface area (Å²) in [5.74, 6) is 0.648. The van der Waals surface area contributed by atoms with Gasteiger partial charge in [-0.2, -0.15) is 0 Å². The molecule has 0 spiro atoms. The Kier molecular flexibility index (Phi) is 6.09. The SMILES string of the molecule is CCOc1ccc(C(COC)NC(=O)C2=COCCO2)cc1. The van der Waals surface area contributed by atoms with E-state index in [1.54, 1.807) is 7.11 Å². The van der Waals surface area contributed by atoms with E-state index in [0.29, 0.717) is 26.4 Å². The predicted molar refractivity (Wildman–Crippen MR) is 80.4 cm³/mol. The molecule has 0 fully saturated rings. The second-order valence-electron chi connectivity index (χ2n) is 4.68. The highest BCUT2D eigenvalue weighted by Crippen LogP contribution is 2.19. The molecule has 1 atom stereocenters. The van der Waals surface area contributed by atoms with Crippen molar-refractivity contribution < 1.29 is 23.7 Å². The number of ether oxygens (including phenoxy) is 4. The smallest absolute Gasteiger partial charge is 0.290 e. The van der Waals surface area contributed by atoms with Crippen LogP contribution in [0.1, 0.15) is 18.5 Å². The first-order valence-electron chi connectivity index (χ1n) is 7.21. The van der Waals surface area contributed by atoms with Gasteiger partial charge in [0.15, 0.2) is 0 Å². The molecule has 1 N–H and O–H groups in total. The molecule has 120 valence electrons. The van der Waals surface area contributed by atoms with Gasteiger partial charge in [0, 0.05) is 7.11 Å². The fourth-order valence-corrected chi connectivity index (χ4v) is 2.07. The van der Waals surface area contributed by atoms with Crippen molar-refractivity contribution in [3.05, 3.63) is 41.9 Å². The standard InChI is InChI=1S/C16H21NO5/c1-3-21-13-6-4-12(5-7-13)14(10-19-2)17-16(18)15-11-20-8-9-22-15/h4-7,11,14H,3,8-10H2,1-2H3,(H,17,18). The van der Waals surface area contributed by atoms with Gasteiger partial charge in [0.2, 0.25) is 5.76 Å². The minimum absolute atomic E-state index is 0.179. The van der Waals surface area contributed by atoms with E-state index < -0.39 is 0 Å². The van der Waals surface area contributed by atoms with E-state index in [-0.39, 0.29) is 17.7 Å². The minimum atomic E-state index is -0.323. The summed E-state index contributed by atoms with van der Waals surface area (Å²) >= 11 is 0. The van der Waals surface area contributed by atoms with Crippen molar-refractivity contribution in [3.8, 4) is 5.75 Å². The van der Waals surface area contributed by atoms with E-state index in [2.05, 4.69) is 5.32 Å². The molecule has 1 aliphatic heterocycles. The second-order valence-corrected chi connectivity index (χ2v) is 4.68. The lowest BCUT2D eigenvalue weighted by molar-refractivity contribution is -0.123. The van der Waals surface area contributed by atoms with Crippen molar-refractivity contribution >= 4 is 5.91 Å². The lowest BCUT2D eigenvalue weighted by atomic mass is 10.1. The van der Waals surface area contributed by atoms with Crippen molar-refractivity contribution in [1.82, 2.24) is 5.32 Å². The molecule has 1 aromatic rings. The summed E-state index contributed by atoms with van der Waals surface area (Å²) < 4.78 is 21.0. The Balaban J connectivity index is 2.05. The van der Waals surface area contributed by atoms with Crippen LogP contribution in [0.5, 0.6) is 5.75 Å². The number of methoxy groups -OCH3 is 1. The van der Waals surface area contributed by atoms with Crippen LogP contribution in [0, 0.1) is 0 Å². The van der Waals surface area contributed by atoms with E-state index in [0.717, 1.165) is 11.3 Å². The minimum Gasteiger partial charge on any atom is -0.494 e. The van der Waals surface area contributed by atoms with E-state index in [1.165, 1.54) is 6.26 Å². The number of carbonyl (C=O) groups excluding carboxylic acids is 1. The maximum atomic E-state index is 12.2. The van der Waals surface area contributed by atoms with E-state index in [9.17, 15) is 4.79 Å². The van der Waals surface area contributed by atoms with E-state index in [4.69, 9.17) is 18.9 Å². The summed E-state index contributed by atoms with van der Waals surface area (Å²) in [6.07, 6.45) is 1.33. The van der Waals surface area contributed by atoms with Crippen LogP contribution in [-0.2, 0) is 19.0 Å². The Hall–Kier alpha value is -2.21. The van der Waals surface area contributed by atoms with E-state index >= 15 is 0 Å². The van der Waals surface area contributed by atoms with Gasteiger partial charge in [0.05, 0.1) is 19.3 Å². The van der Waals surface area contributed by atoms with Gasteiger partial charge in [-0.3, -0.25) is 4.79 Å². The zero-order valence-electron chi connectivity index (χ0n) is 12.8. The molecule has 1 aromatic carbocycles. The molecule has 22 heavy (non-hydrogen) atoms. The zero-order valence-corrected chi connectivity index (χ0v) is 12.8. The Labute approximate surface area is 130 Å². The van der Waals surface area contributed by atoms with Crippen LogP contribution in [0.2, 0.25) is 0 Å². The molecular formula is C16H21NO5. The van der Waals surface area contributed by atoms with Crippen molar-refractivity contribution in [1.29, 1.82) is 0 Å². The summed E-state index contributed by atoms with van der Waals surface area (Å²) in [7, 11) is 1.59. The number of rotatable bonds is 7. The molecule has 6 nitrogen and oxygen atoms in total. The monoisotopic (exact) mass is 307 g/mol. The molecule has 1 unspecified atom stereocenters. The summed E-state index contributed by atoms with van der Waals surface area (Å²) in [6.45, 7) is 3.73. The van der Waals surface area contributed by atoms with E-state index in [1.807, 2.05) is 31.2 Å². The summed E-state index contributed by atoms with van der Waals surface area (Å²) in [4.78, 5) is 12.2. The lowest BCUT2D eigenvalue weighted by Gasteiger charge is -2.21. The summed E-state index contributed by atoms with van der Waals surface area (Å²) in [5, 5.41) is 2.88. The number of hydrogen-bond acceptors (Lipinski definition) is 5. The molecule has 1 amide bonds. The average Bonchev–Trinajstić information content (AvgIpc) is 2.56. The first kappa shape index (κ1) is 16.2. The van der Waals surface area contributed by atoms with Crippen molar-refractivity contribution in [2.45, 2.75) is 13.0 Å². The molecule has 0 saturated carbocycles. The summed E-state index contributed by atoms with van der Waals surface area (Å²) in [5.41, 5.74) is 0.927. The molecule has 6 heteroatoms. The average molecular weight is 307 g/mol. The molecule has 0 aromatic heterocycles. The van der Waals surface area contributed by atoms with Crippen LogP contribution in [0.4, 0.5) is 0 Å². The Bertz CT molecular complexity index is 512. The second kappa shape index (κ2) is 8.29. The van der Waals surface area contributed by atoms with Gasteiger partial charge in [-0.15, -0.1) is 0 Å². The fourth-order valence-electron chi connectivity index (χ4n) is 2.07. The highest BCUT2D eigenvalue weighted by Gasteiger charge is 2.20. The molecule has 0 bridgehead atoms. The molecule has 0 radical (unpaired) electrons. The normalized spacial score (nSPS) is 15.1. The maximum absolute atomic E-state index is 12.2. The molecule has 0 aliphatic carbocycles. The number of amides is 1. The quantitative estimate of drug-likeness (QED) is 0.832. The summed E-state index contributed by atoms with van der Waals surface area (Å²) in [6, 6.07) is 7.27. The van der Waals surface area contributed by atoms with Crippen LogP contribution in [0.15, 0.2) is 36.3 Å². The van der Waals surface area contributed by atoms with Gasteiger partial charge in [-0.05, 0) is 24.6 Å². The van der Waals surface area contributed by atoms with Gasteiger partial charge in [-0.25, -0.2) is 0 Å². The third-order valence-electron chi connectivity index (χ3n) is 3.11. The van der Waals surface area contributed by atoms with Crippen molar-refractivity contribution in [3.63, 3.8) is 0 Å². The highest BCUT2D eigenvalue weighted by molar-refractivity contribution is 5.91. The topological polar surface area (TPSA) is 66.0 Å². The van der Waals surface area contributed by atoms with Crippen LogP contribution < -0.4 is 10.1 Å².